The Morgan fingerprint density at radius 1 is 1.36 bits per heavy atom. The third-order valence-corrected chi connectivity index (χ3v) is 2.36. The zero-order valence-corrected chi connectivity index (χ0v) is 7.98. The summed E-state index contributed by atoms with van der Waals surface area (Å²) in [4.78, 5) is 10.7. The highest BCUT2D eigenvalue weighted by Crippen LogP contribution is 2.30. The maximum absolute atomic E-state index is 10.7. The van der Waals surface area contributed by atoms with Crippen molar-refractivity contribution in [2.24, 2.45) is 5.73 Å². The monoisotopic (exact) mass is 215 g/mol. The lowest BCUT2D eigenvalue weighted by molar-refractivity contribution is -0.182. The fourth-order valence-electron chi connectivity index (χ4n) is 0.979. The SMILES string of the molecule is NC(=O)C(O)(O)[C@H](Cl)c1ccccc1. The highest BCUT2D eigenvalue weighted by Gasteiger charge is 2.40. The summed E-state index contributed by atoms with van der Waals surface area (Å²) in [6.45, 7) is 0. The summed E-state index contributed by atoms with van der Waals surface area (Å²) in [5.74, 6) is -4.01. The van der Waals surface area contributed by atoms with Gasteiger partial charge in [0.05, 0.1) is 0 Å². The third-order valence-electron chi connectivity index (χ3n) is 1.81. The van der Waals surface area contributed by atoms with Crippen molar-refractivity contribution >= 4 is 17.5 Å². The molecule has 1 atom stereocenters. The number of alkyl halides is 1. The highest BCUT2D eigenvalue weighted by molar-refractivity contribution is 6.23. The molecule has 0 unspecified atom stereocenters. The summed E-state index contributed by atoms with van der Waals surface area (Å²) in [5, 5.41) is 17.2. The van der Waals surface area contributed by atoms with Gasteiger partial charge in [0.1, 0.15) is 5.38 Å². The van der Waals surface area contributed by atoms with Crippen LogP contribution in [-0.4, -0.2) is 21.9 Å². The lowest BCUT2D eigenvalue weighted by atomic mass is 10.0. The number of halogens is 1. The number of hydrogen-bond acceptors (Lipinski definition) is 3. The van der Waals surface area contributed by atoms with E-state index in [2.05, 4.69) is 0 Å². The van der Waals surface area contributed by atoms with Crippen molar-refractivity contribution in [3.8, 4) is 0 Å². The molecule has 0 aliphatic rings. The largest absolute Gasteiger partial charge is 0.365 e. The van der Waals surface area contributed by atoms with Gasteiger partial charge in [-0.15, -0.1) is 11.6 Å². The number of rotatable bonds is 3. The first-order valence-electron chi connectivity index (χ1n) is 3.90. The second-order valence-electron chi connectivity index (χ2n) is 2.86. The molecule has 1 rings (SSSR count). The van der Waals surface area contributed by atoms with E-state index in [4.69, 9.17) is 17.3 Å². The smallest absolute Gasteiger partial charge is 0.279 e. The molecule has 0 fully saturated rings. The molecule has 76 valence electrons. The van der Waals surface area contributed by atoms with Crippen LogP contribution in [0.2, 0.25) is 0 Å². The van der Waals surface area contributed by atoms with Gasteiger partial charge in [0.2, 0.25) is 0 Å². The normalized spacial score (nSPS) is 13.6. The Morgan fingerprint density at radius 3 is 2.29 bits per heavy atom. The van der Waals surface area contributed by atoms with Crippen LogP contribution in [-0.2, 0) is 4.79 Å². The first-order valence-corrected chi connectivity index (χ1v) is 4.33. The Labute approximate surface area is 85.9 Å². The van der Waals surface area contributed by atoms with Gasteiger partial charge in [-0.25, -0.2) is 0 Å². The molecule has 0 aromatic heterocycles. The summed E-state index contributed by atoms with van der Waals surface area (Å²) in [6, 6.07) is 8.22. The second kappa shape index (κ2) is 3.96. The molecule has 0 saturated carbocycles. The average Bonchev–Trinajstić information content (AvgIpc) is 2.17. The van der Waals surface area contributed by atoms with Crippen molar-refractivity contribution in [2.45, 2.75) is 11.2 Å². The zero-order valence-electron chi connectivity index (χ0n) is 7.22. The molecule has 4 N–H and O–H groups in total. The number of nitrogens with two attached hydrogens (primary N) is 1. The minimum atomic E-state index is -2.73. The zero-order chi connectivity index (χ0) is 10.8. The van der Waals surface area contributed by atoms with E-state index >= 15 is 0 Å². The van der Waals surface area contributed by atoms with Gasteiger partial charge in [-0.05, 0) is 5.56 Å². The van der Waals surface area contributed by atoms with Gasteiger partial charge in [0, 0.05) is 0 Å². The number of aliphatic hydroxyl groups is 2. The van der Waals surface area contributed by atoms with Crippen LogP contribution in [0.25, 0.3) is 0 Å². The molecule has 0 aliphatic carbocycles. The predicted molar refractivity (Wildman–Crippen MR) is 51.4 cm³/mol. The molecular formula is C9H10ClNO3. The number of carbonyl (C=O) groups excluding carboxylic acids is 1. The van der Waals surface area contributed by atoms with Gasteiger partial charge in [-0.1, -0.05) is 30.3 Å². The van der Waals surface area contributed by atoms with Gasteiger partial charge in [0.25, 0.3) is 11.7 Å². The first-order chi connectivity index (χ1) is 6.46. The molecule has 14 heavy (non-hydrogen) atoms. The molecular weight excluding hydrogens is 206 g/mol. The standard InChI is InChI=1S/C9H10ClNO3/c10-7(9(13,14)8(11)12)6-4-2-1-3-5-6/h1-5,7,13-14H,(H2,11,12)/t7-/m1/s1. The lowest BCUT2D eigenvalue weighted by Crippen LogP contribution is -2.47. The topological polar surface area (TPSA) is 83.6 Å². The molecule has 1 aromatic carbocycles. The Morgan fingerprint density at radius 2 is 1.86 bits per heavy atom. The maximum atomic E-state index is 10.7. The van der Waals surface area contributed by atoms with E-state index in [1.807, 2.05) is 0 Å². The van der Waals surface area contributed by atoms with Crippen LogP contribution in [0.3, 0.4) is 0 Å². The third kappa shape index (κ3) is 2.04. The van der Waals surface area contributed by atoms with Crippen LogP contribution in [0.15, 0.2) is 30.3 Å². The van der Waals surface area contributed by atoms with E-state index in [9.17, 15) is 15.0 Å². The Bertz CT molecular complexity index is 326. The molecule has 0 bridgehead atoms. The van der Waals surface area contributed by atoms with Crippen molar-refractivity contribution in [1.29, 1.82) is 0 Å². The summed E-state index contributed by atoms with van der Waals surface area (Å²) in [7, 11) is 0. The fraction of sp³-hybridized carbons (Fsp3) is 0.222. The van der Waals surface area contributed by atoms with Crippen molar-refractivity contribution in [3.05, 3.63) is 35.9 Å². The minimum absolute atomic E-state index is 0.415. The van der Waals surface area contributed by atoms with Crippen LogP contribution in [0.4, 0.5) is 0 Å². The van der Waals surface area contributed by atoms with E-state index < -0.39 is 17.1 Å². The molecule has 0 heterocycles. The molecule has 0 saturated heterocycles. The highest BCUT2D eigenvalue weighted by atomic mass is 35.5. The average molecular weight is 216 g/mol. The summed E-state index contributed by atoms with van der Waals surface area (Å²) in [5.41, 5.74) is 5.20. The van der Waals surface area contributed by atoms with E-state index in [-0.39, 0.29) is 0 Å². The van der Waals surface area contributed by atoms with Gasteiger partial charge < -0.3 is 15.9 Å². The number of hydrogen-bond donors (Lipinski definition) is 3. The van der Waals surface area contributed by atoms with E-state index in [0.717, 1.165) is 0 Å². The van der Waals surface area contributed by atoms with Gasteiger partial charge in [0.15, 0.2) is 0 Å². The van der Waals surface area contributed by atoms with Gasteiger partial charge in [-0.3, -0.25) is 4.79 Å². The number of carbonyl (C=O) groups is 1. The number of primary amides is 1. The first kappa shape index (κ1) is 11.0. The predicted octanol–water partition coefficient (Wildman–Crippen LogP) is 0.133. The van der Waals surface area contributed by atoms with Crippen LogP contribution < -0.4 is 5.73 Å². The van der Waals surface area contributed by atoms with Crippen molar-refractivity contribution < 1.29 is 15.0 Å². The second-order valence-corrected chi connectivity index (χ2v) is 3.30. The van der Waals surface area contributed by atoms with Crippen LogP contribution >= 0.6 is 11.6 Å². The number of benzene rings is 1. The summed E-state index contributed by atoms with van der Waals surface area (Å²) in [6.07, 6.45) is 0. The van der Waals surface area contributed by atoms with Crippen LogP contribution in [0.1, 0.15) is 10.9 Å². The van der Waals surface area contributed by atoms with Crippen LogP contribution in [0, 0.1) is 0 Å². The molecule has 1 amide bonds. The fourth-order valence-corrected chi connectivity index (χ4v) is 1.23. The van der Waals surface area contributed by atoms with Crippen molar-refractivity contribution in [3.63, 3.8) is 0 Å². The summed E-state index contributed by atoms with van der Waals surface area (Å²) >= 11 is 5.69. The van der Waals surface area contributed by atoms with Gasteiger partial charge in [-0.2, -0.15) is 0 Å². The van der Waals surface area contributed by atoms with Crippen molar-refractivity contribution in [2.75, 3.05) is 0 Å². The van der Waals surface area contributed by atoms with Crippen LogP contribution in [0.5, 0.6) is 0 Å². The van der Waals surface area contributed by atoms with E-state index in [1.165, 1.54) is 0 Å². The van der Waals surface area contributed by atoms with Crippen molar-refractivity contribution in [1.82, 2.24) is 0 Å². The maximum Gasteiger partial charge on any atom is 0.279 e. The lowest BCUT2D eigenvalue weighted by Gasteiger charge is -2.23. The molecule has 0 radical (unpaired) electrons. The molecule has 4 nitrogen and oxygen atoms in total. The summed E-state index contributed by atoms with van der Waals surface area (Å²) < 4.78 is 0. The quantitative estimate of drug-likeness (QED) is 0.495. The minimum Gasteiger partial charge on any atom is -0.365 e. The number of amides is 1. The molecule has 5 heteroatoms. The Kier molecular flexibility index (Phi) is 3.10. The Hall–Kier alpha value is -1.10. The molecule has 0 spiro atoms. The molecule has 0 aliphatic heterocycles. The van der Waals surface area contributed by atoms with E-state index in [1.54, 1.807) is 30.3 Å². The Balaban J connectivity index is 2.96. The molecule has 1 aromatic rings. The van der Waals surface area contributed by atoms with Gasteiger partial charge >= 0.3 is 0 Å². The van der Waals surface area contributed by atoms with E-state index in [0.29, 0.717) is 5.56 Å².